The molecule has 7 heteroatoms. The Balaban J connectivity index is 1.33. The molecule has 0 aliphatic carbocycles. The molecular formula is C22H21N5OS. The lowest BCUT2D eigenvalue weighted by molar-refractivity contribution is 0.102. The highest BCUT2D eigenvalue weighted by Crippen LogP contribution is 2.25. The molecule has 4 aromatic rings. The van der Waals surface area contributed by atoms with Crippen LogP contribution < -0.4 is 5.32 Å². The van der Waals surface area contributed by atoms with Gasteiger partial charge in [-0.25, -0.2) is 4.98 Å². The predicted octanol–water partition coefficient (Wildman–Crippen LogP) is 3.91. The first kappa shape index (κ1) is 18.0. The first-order chi connectivity index (χ1) is 14.2. The van der Waals surface area contributed by atoms with Crippen LogP contribution in [0.1, 0.15) is 33.0 Å². The maximum atomic E-state index is 12.4. The monoisotopic (exact) mass is 403 g/mol. The number of nitrogens with zero attached hydrogens (tertiary/aromatic N) is 4. The molecule has 0 unspecified atom stereocenters. The standard InChI is InChI=1S/C22H21N5OS/c1-15-20(27-10-11-29-22(27)24-15)14-26-9-7-16-5-6-18(12-17(16)13-26)25-21(28)19-4-2-3-8-23-19/h2-6,8,10-12H,7,9,13-14H2,1H3,(H,25,28). The van der Waals surface area contributed by atoms with Crippen molar-refractivity contribution in [3.8, 4) is 0 Å². The van der Waals surface area contributed by atoms with Gasteiger partial charge >= 0.3 is 0 Å². The van der Waals surface area contributed by atoms with E-state index >= 15 is 0 Å². The maximum absolute atomic E-state index is 12.4. The average Bonchev–Trinajstić information content (AvgIpc) is 3.30. The van der Waals surface area contributed by atoms with Crippen LogP contribution in [0.15, 0.2) is 54.2 Å². The van der Waals surface area contributed by atoms with Gasteiger partial charge in [0.25, 0.3) is 5.91 Å². The van der Waals surface area contributed by atoms with Gasteiger partial charge in [0, 0.05) is 43.1 Å². The molecular weight excluding hydrogens is 382 g/mol. The van der Waals surface area contributed by atoms with E-state index in [-0.39, 0.29) is 5.91 Å². The minimum absolute atomic E-state index is 0.187. The van der Waals surface area contributed by atoms with Gasteiger partial charge in [0.2, 0.25) is 0 Å². The first-order valence-corrected chi connectivity index (χ1v) is 10.5. The Morgan fingerprint density at radius 1 is 1.24 bits per heavy atom. The van der Waals surface area contributed by atoms with Crippen LogP contribution in [0.3, 0.4) is 0 Å². The molecule has 0 saturated carbocycles. The fraction of sp³-hybridized carbons (Fsp3) is 0.227. The van der Waals surface area contributed by atoms with Gasteiger partial charge in [0.15, 0.2) is 4.96 Å². The third-order valence-electron chi connectivity index (χ3n) is 5.39. The van der Waals surface area contributed by atoms with Crippen molar-refractivity contribution in [2.75, 3.05) is 11.9 Å². The summed E-state index contributed by atoms with van der Waals surface area (Å²) in [6.07, 6.45) is 4.73. The molecule has 5 rings (SSSR count). The van der Waals surface area contributed by atoms with Crippen molar-refractivity contribution in [3.05, 3.63) is 82.4 Å². The summed E-state index contributed by atoms with van der Waals surface area (Å²) in [7, 11) is 0. The van der Waals surface area contributed by atoms with E-state index in [1.807, 2.05) is 12.1 Å². The summed E-state index contributed by atoms with van der Waals surface area (Å²) in [5.74, 6) is -0.187. The molecule has 4 heterocycles. The number of hydrogen-bond donors (Lipinski definition) is 1. The molecule has 146 valence electrons. The van der Waals surface area contributed by atoms with Crippen LogP contribution in [0.5, 0.6) is 0 Å². The highest BCUT2D eigenvalue weighted by atomic mass is 32.1. The average molecular weight is 404 g/mol. The number of fused-ring (bicyclic) bond motifs is 2. The smallest absolute Gasteiger partial charge is 0.274 e. The zero-order chi connectivity index (χ0) is 19.8. The van der Waals surface area contributed by atoms with Crippen molar-refractivity contribution in [2.24, 2.45) is 0 Å². The number of anilines is 1. The number of carbonyl (C=O) groups is 1. The molecule has 1 aromatic carbocycles. The van der Waals surface area contributed by atoms with Crippen LogP contribution in [-0.4, -0.2) is 31.7 Å². The molecule has 1 N–H and O–H groups in total. The molecule has 1 aliphatic rings. The van der Waals surface area contributed by atoms with Crippen LogP contribution in [0.4, 0.5) is 5.69 Å². The molecule has 3 aromatic heterocycles. The van der Waals surface area contributed by atoms with E-state index < -0.39 is 0 Å². The second kappa shape index (κ2) is 7.42. The van der Waals surface area contributed by atoms with Crippen LogP contribution in [0.2, 0.25) is 0 Å². The van der Waals surface area contributed by atoms with Gasteiger partial charge in [-0.15, -0.1) is 11.3 Å². The Bertz CT molecular complexity index is 1180. The predicted molar refractivity (Wildman–Crippen MR) is 114 cm³/mol. The number of thiazole rings is 1. The minimum atomic E-state index is -0.187. The third kappa shape index (κ3) is 3.54. The lowest BCUT2D eigenvalue weighted by Crippen LogP contribution is -2.30. The number of nitrogens with one attached hydrogen (secondary N) is 1. The van der Waals surface area contributed by atoms with Crippen LogP contribution in [0.25, 0.3) is 4.96 Å². The van der Waals surface area contributed by atoms with E-state index in [9.17, 15) is 4.79 Å². The highest BCUT2D eigenvalue weighted by Gasteiger charge is 2.20. The van der Waals surface area contributed by atoms with Crippen LogP contribution in [0, 0.1) is 6.92 Å². The molecule has 0 saturated heterocycles. The summed E-state index contributed by atoms with van der Waals surface area (Å²) in [6.45, 7) is 4.83. The second-order valence-corrected chi connectivity index (χ2v) is 8.19. The van der Waals surface area contributed by atoms with Crippen LogP contribution >= 0.6 is 11.3 Å². The SMILES string of the molecule is Cc1nc2sccn2c1CN1CCc2ccc(NC(=O)c3ccccn3)cc2C1. The summed E-state index contributed by atoms with van der Waals surface area (Å²) in [5.41, 5.74) is 6.19. The highest BCUT2D eigenvalue weighted by molar-refractivity contribution is 7.15. The normalized spacial score (nSPS) is 14.1. The van der Waals surface area contributed by atoms with Crippen molar-refractivity contribution >= 4 is 27.9 Å². The van der Waals surface area contributed by atoms with Crippen molar-refractivity contribution in [1.29, 1.82) is 0 Å². The number of amides is 1. The number of rotatable bonds is 4. The lowest BCUT2D eigenvalue weighted by atomic mass is 9.98. The van der Waals surface area contributed by atoms with Crippen LogP contribution in [-0.2, 0) is 19.5 Å². The van der Waals surface area contributed by atoms with Gasteiger partial charge in [-0.1, -0.05) is 12.1 Å². The number of imidazole rings is 1. The lowest BCUT2D eigenvalue weighted by Gasteiger charge is -2.29. The van der Waals surface area contributed by atoms with Gasteiger partial charge in [-0.3, -0.25) is 19.1 Å². The summed E-state index contributed by atoms with van der Waals surface area (Å²) < 4.78 is 2.19. The van der Waals surface area contributed by atoms with Gasteiger partial charge in [-0.2, -0.15) is 0 Å². The van der Waals surface area contributed by atoms with Gasteiger partial charge in [0.05, 0.1) is 11.4 Å². The first-order valence-electron chi connectivity index (χ1n) is 9.65. The molecule has 1 aliphatic heterocycles. The number of aromatic nitrogens is 3. The molecule has 0 radical (unpaired) electrons. The molecule has 0 atom stereocenters. The maximum Gasteiger partial charge on any atom is 0.274 e. The molecule has 0 spiro atoms. The Labute approximate surface area is 172 Å². The Kier molecular flexibility index (Phi) is 4.61. The fourth-order valence-electron chi connectivity index (χ4n) is 3.86. The summed E-state index contributed by atoms with van der Waals surface area (Å²) in [5, 5.41) is 5.04. The molecule has 1 amide bonds. The number of benzene rings is 1. The van der Waals surface area contributed by atoms with E-state index in [4.69, 9.17) is 0 Å². The molecule has 29 heavy (non-hydrogen) atoms. The zero-order valence-corrected chi connectivity index (χ0v) is 16.9. The van der Waals surface area contributed by atoms with E-state index in [1.54, 1.807) is 29.7 Å². The van der Waals surface area contributed by atoms with E-state index in [0.717, 1.165) is 42.4 Å². The van der Waals surface area contributed by atoms with Crippen molar-refractivity contribution in [1.82, 2.24) is 19.3 Å². The Morgan fingerprint density at radius 3 is 3.03 bits per heavy atom. The minimum Gasteiger partial charge on any atom is -0.321 e. The summed E-state index contributed by atoms with van der Waals surface area (Å²) in [6, 6.07) is 11.5. The Hall–Kier alpha value is -3.03. The summed E-state index contributed by atoms with van der Waals surface area (Å²) in [4.78, 5) is 24.7. The van der Waals surface area contributed by atoms with Crippen molar-refractivity contribution in [2.45, 2.75) is 26.4 Å². The summed E-state index contributed by atoms with van der Waals surface area (Å²) >= 11 is 1.67. The molecule has 0 fully saturated rings. The topological polar surface area (TPSA) is 62.5 Å². The number of aryl methyl sites for hydroxylation is 1. The number of pyridine rings is 1. The van der Waals surface area contributed by atoms with Crippen molar-refractivity contribution in [3.63, 3.8) is 0 Å². The van der Waals surface area contributed by atoms with Gasteiger partial charge in [-0.05, 0) is 48.7 Å². The third-order valence-corrected chi connectivity index (χ3v) is 6.14. The number of carbonyl (C=O) groups excluding carboxylic acids is 1. The fourth-order valence-corrected chi connectivity index (χ4v) is 4.64. The van der Waals surface area contributed by atoms with Gasteiger partial charge in [0.1, 0.15) is 5.69 Å². The zero-order valence-electron chi connectivity index (χ0n) is 16.1. The van der Waals surface area contributed by atoms with E-state index in [1.165, 1.54) is 16.8 Å². The van der Waals surface area contributed by atoms with Crippen molar-refractivity contribution < 1.29 is 4.79 Å². The van der Waals surface area contributed by atoms with E-state index in [0.29, 0.717) is 5.69 Å². The van der Waals surface area contributed by atoms with Gasteiger partial charge < -0.3 is 5.32 Å². The largest absolute Gasteiger partial charge is 0.321 e. The van der Waals surface area contributed by atoms with E-state index in [2.05, 4.69) is 55.2 Å². The molecule has 6 nitrogen and oxygen atoms in total. The number of hydrogen-bond acceptors (Lipinski definition) is 5. The molecule has 0 bridgehead atoms. The second-order valence-electron chi connectivity index (χ2n) is 7.31. The quantitative estimate of drug-likeness (QED) is 0.561. The Morgan fingerprint density at radius 2 is 2.17 bits per heavy atom.